The first-order valence-corrected chi connectivity index (χ1v) is 7.12. The average molecular weight is 344 g/mol. The van der Waals surface area contributed by atoms with Gasteiger partial charge in [-0.3, -0.25) is 0 Å². The number of ether oxygens (including phenoxy) is 1. The van der Waals surface area contributed by atoms with E-state index < -0.39 is 0 Å². The van der Waals surface area contributed by atoms with Crippen LogP contribution in [0.25, 0.3) is 0 Å². The molecule has 0 fully saturated rings. The Kier molecular flexibility index (Phi) is 4.83. The van der Waals surface area contributed by atoms with Crippen molar-refractivity contribution in [2.24, 2.45) is 0 Å². The molecule has 0 saturated carbocycles. The summed E-state index contributed by atoms with van der Waals surface area (Å²) >= 11 is 9.77. The van der Waals surface area contributed by atoms with Gasteiger partial charge in [0.25, 0.3) is 0 Å². The highest BCUT2D eigenvalue weighted by atomic mass is 79.9. The van der Waals surface area contributed by atoms with Gasteiger partial charge in [-0.25, -0.2) is 4.39 Å². The van der Waals surface area contributed by atoms with E-state index in [4.69, 9.17) is 16.3 Å². The molecule has 0 heterocycles. The Morgan fingerprint density at radius 1 is 1.26 bits per heavy atom. The van der Waals surface area contributed by atoms with Crippen LogP contribution in [0, 0.1) is 5.82 Å². The average Bonchev–Trinajstić information content (AvgIpc) is 2.41. The fraction of sp³-hybridized carbons (Fsp3) is 0.200. The fourth-order valence-electron chi connectivity index (χ4n) is 1.86. The lowest BCUT2D eigenvalue weighted by molar-refractivity contribution is 0.414. The lowest BCUT2D eigenvalue weighted by atomic mass is 10.0. The summed E-state index contributed by atoms with van der Waals surface area (Å²) in [6.07, 6.45) is 0.540. The van der Waals surface area contributed by atoms with E-state index in [0.29, 0.717) is 22.8 Å². The predicted molar refractivity (Wildman–Crippen MR) is 79.8 cm³/mol. The number of rotatable bonds is 4. The van der Waals surface area contributed by atoms with E-state index in [2.05, 4.69) is 15.9 Å². The van der Waals surface area contributed by atoms with E-state index in [1.807, 2.05) is 18.2 Å². The standard InChI is InChI=1S/C15H13BrClFO/c1-19-11-6-7-12(14(17)9-11)13(16)8-10-4-2-3-5-15(10)18/h2-7,9,13H,8H2,1H3. The maximum Gasteiger partial charge on any atom is 0.126 e. The smallest absolute Gasteiger partial charge is 0.126 e. The monoisotopic (exact) mass is 342 g/mol. The molecule has 0 aliphatic carbocycles. The highest BCUT2D eigenvalue weighted by Gasteiger charge is 2.14. The molecule has 2 aromatic rings. The first kappa shape index (κ1) is 14.4. The third-order valence-electron chi connectivity index (χ3n) is 2.90. The lowest BCUT2D eigenvalue weighted by Gasteiger charge is -2.13. The van der Waals surface area contributed by atoms with Crippen molar-refractivity contribution < 1.29 is 9.13 Å². The van der Waals surface area contributed by atoms with Crippen LogP contribution in [0.4, 0.5) is 4.39 Å². The molecule has 4 heteroatoms. The molecule has 0 bridgehead atoms. The Balaban J connectivity index is 2.21. The molecule has 1 nitrogen and oxygen atoms in total. The number of hydrogen-bond acceptors (Lipinski definition) is 1. The summed E-state index contributed by atoms with van der Waals surface area (Å²) in [5.41, 5.74) is 1.59. The van der Waals surface area contributed by atoms with E-state index >= 15 is 0 Å². The molecule has 0 aliphatic heterocycles. The van der Waals surface area contributed by atoms with Crippen molar-refractivity contribution in [2.75, 3.05) is 7.11 Å². The first-order chi connectivity index (χ1) is 9.11. The maximum absolute atomic E-state index is 13.6. The largest absolute Gasteiger partial charge is 0.497 e. The summed E-state index contributed by atoms with van der Waals surface area (Å²) in [4.78, 5) is -0.0391. The van der Waals surface area contributed by atoms with Gasteiger partial charge < -0.3 is 4.74 Å². The molecular weight excluding hydrogens is 331 g/mol. The number of alkyl halides is 1. The molecule has 0 aliphatic rings. The van der Waals surface area contributed by atoms with Gasteiger partial charge in [0.2, 0.25) is 0 Å². The van der Waals surface area contributed by atoms with Crippen molar-refractivity contribution in [3.63, 3.8) is 0 Å². The highest BCUT2D eigenvalue weighted by Crippen LogP contribution is 2.34. The number of benzene rings is 2. The third kappa shape index (κ3) is 3.48. The highest BCUT2D eigenvalue weighted by molar-refractivity contribution is 9.09. The minimum atomic E-state index is -0.198. The van der Waals surface area contributed by atoms with Gasteiger partial charge >= 0.3 is 0 Å². The molecule has 0 radical (unpaired) electrons. The van der Waals surface area contributed by atoms with E-state index in [9.17, 15) is 4.39 Å². The van der Waals surface area contributed by atoms with Crippen LogP contribution >= 0.6 is 27.5 Å². The minimum Gasteiger partial charge on any atom is -0.497 e. The number of methoxy groups -OCH3 is 1. The summed E-state index contributed by atoms with van der Waals surface area (Å²) in [7, 11) is 1.59. The summed E-state index contributed by atoms with van der Waals surface area (Å²) in [5.74, 6) is 0.510. The van der Waals surface area contributed by atoms with Gasteiger partial charge in [-0.1, -0.05) is 51.8 Å². The van der Waals surface area contributed by atoms with Crippen LogP contribution in [-0.2, 0) is 6.42 Å². The molecule has 2 aromatic carbocycles. The second-order valence-electron chi connectivity index (χ2n) is 4.15. The lowest BCUT2D eigenvalue weighted by Crippen LogP contribution is -1.99. The Hall–Kier alpha value is -1.06. The Bertz CT molecular complexity index is 574. The number of halogens is 3. The van der Waals surface area contributed by atoms with Gasteiger partial charge in [0.15, 0.2) is 0 Å². The molecule has 100 valence electrons. The van der Waals surface area contributed by atoms with Crippen molar-refractivity contribution in [2.45, 2.75) is 11.2 Å². The Morgan fingerprint density at radius 2 is 2.00 bits per heavy atom. The molecule has 0 aromatic heterocycles. The normalized spacial score (nSPS) is 12.2. The molecule has 0 saturated heterocycles. The molecule has 2 rings (SSSR count). The Labute approximate surface area is 125 Å². The second-order valence-corrected chi connectivity index (χ2v) is 5.66. The molecule has 0 spiro atoms. The number of hydrogen-bond donors (Lipinski definition) is 0. The van der Waals surface area contributed by atoms with Crippen LogP contribution < -0.4 is 4.74 Å². The Morgan fingerprint density at radius 3 is 2.63 bits per heavy atom. The summed E-state index contributed by atoms with van der Waals surface area (Å²) in [5, 5.41) is 0.609. The zero-order valence-electron chi connectivity index (χ0n) is 10.4. The maximum atomic E-state index is 13.6. The van der Waals surface area contributed by atoms with Crippen LogP contribution in [0.15, 0.2) is 42.5 Å². The van der Waals surface area contributed by atoms with Gasteiger partial charge in [0.1, 0.15) is 11.6 Å². The SMILES string of the molecule is COc1ccc(C(Br)Cc2ccccc2F)c(Cl)c1. The zero-order valence-corrected chi connectivity index (χ0v) is 12.7. The predicted octanol–water partition coefficient (Wildman–Crippen LogP) is 5.17. The molecular formula is C15H13BrClFO. The van der Waals surface area contributed by atoms with E-state index in [1.165, 1.54) is 6.07 Å². The fourth-order valence-corrected chi connectivity index (χ4v) is 3.04. The van der Waals surface area contributed by atoms with Gasteiger partial charge in [-0.05, 0) is 35.7 Å². The molecule has 1 unspecified atom stereocenters. The first-order valence-electron chi connectivity index (χ1n) is 5.82. The van der Waals surface area contributed by atoms with E-state index in [0.717, 1.165) is 5.56 Å². The summed E-state index contributed by atoms with van der Waals surface area (Å²) in [6, 6.07) is 12.2. The van der Waals surface area contributed by atoms with Crippen molar-refractivity contribution in [1.29, 1.82) is 0 Å². The van der Waals surface area contributed by atoms with Gasteiger partial charge in [-0.15, -0.1) is 0 Å². The quantitative estimate of drug-likeness (QED) is 0.696. The van der Waals surface area contributed by atoms with Gasteiger partial charge in [0, 0.05) is 9.85 Å². The van der Waals surface area contributed by atoms with Crippen LogP contribution in [0.2, 0.25) is 5.02 Å². The van der Waals surface area contributed by atoms with Crippen molar-refractivity contribution in [3.05, 3.63) is 64.4 Å². The van der Waals surface area contributed by atoms with Crippen LogP contribution in [0.3, 0.4) is 0 Å². The van der Waals surface area contributed by atoms with E-state index in [1.54, 1.807) is 25.3 Å². The van der Waals surface area contributed by atoms with E-state index in [-0.39, 0.29) is 10.6 Å². The molecule has 19 heavy (non-hydrogen) atoms. The van der Waals surface area contributed by atoms with Crippen molar-refractivity contribution in [3.8, 4) is 5.75 Å². The van der Waals surface area contributed by atoms with Gasteiger partial charge in [0.05, 0.1) is 7.11 Å². The molecule has 0 N–H and O–H groups in total. The van der Waals surface area contributed by atoms with Crippen molar-refractivity contribution in [1.82, 2.24) is 0 Å². The third-order valence-corrected chi connectivity index (χ3v) is 4.05. The van der Waals surface area contributed by atoms with Crippen LogP contribution in [0.5, 0.6) is 5.75 Å². The van der Waals surface area contributed by atoms with Crippen molar-refractivity contribution >= 4 is 27.5 Å². The minimum absolute atomic E-state index is 0.0391. The molecule has 1 atom stereocenters. The summed E-state index contributed by atoms with van der Waals surface area (Å²) < 4.78 is 18.7. The van der Waals surface area contributed by atoms with Gasteiger partial charge in [-0.2, -0.15) is 0 Å². The van der Waals surface area contributed by atoms with Crippen LogP contribution in [0.1, 0.15) is 16.0 Å². The topological polar surface area (TPSA) is 9.23 Å². The zero-order chi connectivity index (χ0) is 13.8. The van der Waals surface area contributed by atoms with Crippen LogP contribution in [-0.4, -0.2) is 7.11 Å². The molecule has 0 amide bonds. The second kappa shape index (κ2) is 6.40. The summed E-state index contributed by atoms with van der Waals surface area (Å²) in [6.45, 7) is 0.